The first kappa shape index (κ1) is 14.8. The van der Waals surface area contributed by atoms with Crippen molar-refractivity contribution in [1.29, 1.82) is 0 Å². The molecule has 1 heterocycles. The van der Waals surface area contributed by atoms with Crippen molar-refractivity contribution in [2.45, 2.75) is 82.8 Å². The summed E-state index contributed by atoms with van der Waals surface area (Å²) in [6.45, 7) is 7.63. The van der Waals surface area contributed by atoms with Crippen molar-refractivity contribution in [1.82, 2.24) is 10.2 Å². The van der Waals surface area contributed by atoms with Gasteiger partial charge in [0.1, 0.15) is 0 Å². The van der Waals surface area contributed by atoms with Crippen molar-refractivity contribution in [3.63, 3.8) is 0 Å². The van der Waals surface area contributed by atoms with E-state index in [1.807, 2.05) is 0 Å². The predicted octanol–water partition coefficient (Wildman–Crippen LogP) is 2.53. The first-order chi connectivity index (χ1) is 9.52. The van der Waals surface area contributed by atoms with E-state index in [1.165, 1.54) is 51.6 Å². The van der Waals surface area contributed by atoms with Gasteiger partial charge >= 0.3 is 0 Å². The van der Waals surface area contributed by atoms with E-state index in [4.69, 9.17) is 0 Å². The van der Waals surface area contributed by atoms with Crippen LogP contribution in [0, 0.1) is 5.41 Å². The van der Waals surface area contributed by atoms with Crippen LogP contribution in [0.4, 0.5) is 0 Å². The summed E-state index contributed by atoms with van der Waals surface area (Å²) in [5.41, 5.74) is 0.493. The summed E-state index contributed by atoms with van der Waals surface area (Å²) in [5, 5.41) is 13.7. The van der Waals surface area contributed by atoms with Crippen LogP contribution >= 0.6 is 0 Å². The van der Waals surface area contributed by atoms with Crippen LogP contribution < -0.4 is 5.32 Å². The summed E-state index contributed by atoms with van der Waals surface area (Å²) in [7, 11) is 0. The van der Waals surface area contributed by atoms with Crippen LogP contribution in [0.5, 0.6) is 0 Å². The summed E-state index contributed by atoms with van der Waals surface area (Å²) in [4.78, 5) is 2.72. The van der Waals surface area contributed by atoms with Gasteiger partial charge < -0.3 is 10.4 Å². The van der Waals surface area contributed by atoms with Gasteiger partial charge in [0.15, 0.2) is 0 Å². The largest absolute Gasteiger partial charge is 0.394 e. The van der Waals surface area contributed by atoms with Gasteiger partial charge in [0.25, 0.3) is 0 Å². The third-order valence-corrected chi connectivity index (χ3v) is 5.66. The standard InChI is InChI=1S/C17H32N2O/c1-16(2)8-4-10-19(12-16)15-5-3-9-17(11-15,13-20)18-14-6-7-14/h14-15,18,20H,3-13H2,1-2H3. The molecule has 1 aliphatic heterocycles. The van der Waals surface area contributed by atoms with E-state index in [0.717, 1.165) is 12.8 Å². The van der Waals surface area contributed by atoms with Crippen molar-refractivity contribution in [3.8, 4) is 0 Å². The van der Waals surface area contributed by atoms with Crippen molar-refractivity contribution in [3.05, 3.63) is 0 Å². The van der Waals surface area contributed by atoms with E-state index in [2.05, 4.69) is 24.1 Å². The Labute approximate surface area is 124 Å². The molecule has 3 fully saturated rings. The molecule has 0 spiro atoms. The van der Waals surface area contributed by atoms with Crippen molar-refractivity contribution < 1.29 is 5.11 Å². The minimum Gasteiger partial charge on any atom is -0.394 e. The molecule has 0 aromatic heterocycles. The number of aliphatic hydroxyl groups is 1. The Hall–Kier alpha value is -0.120. The lowest BCUT2D eigenvalue weighted by molar-refractivity contribution is 0.0201. The number of nitrogens with one attached hydrogen (secondary N) is 1. The van der Waals surface area contributed by atoms with E-state index >= 15 is 0 Å². The number of hydrogen-bond donors (Lipinski definition) is 2. The summed E-state index contributed by atoms with van der Waals surface area (Å²) in [5.74, 6) is 0. The van der Waals surface area contributed by atoms with Crippen LogP contribution in [0.3, 0.4) is 0 Å². The molecule has 20 heavy (non-hydrogen) atoms. The molecule has 0 aromatic rings. The molecule has 3 aliphatic rings. The van der Waals surface area contributed by atoms with Gasteiger partial charge in [0.2, 0.25) is 0 Å². The highest BCUT2D eigenvalue weighted by molar-refractivity contribution is 5.01. The van der Waals surface area contributed by atoms with Crippen LogP contribution in [0.15, 0.2) is 0 Å². The van der Waals surface area contributed by atoms with Gasteiger partial charge in [-0.1, -0.05) is 13.8 Å². The normalized spacial score (nSPS) is 38.9. The lowest BCUT2D eigenvalue weighted by Crippen LogP contribution is -2.58. The van der Waals surface area contributed by atoms with Gasteiger partial charge in [-0.25, -0.2) is 0 Å². The smallest absolute Gasteiger partial charge is 0.0613 e. The van der Waals surface area contributed by atoms with Gasteiger partial charge in [-0.15, -0.1) is 0 Å². The molecule has 3 nitrogen and oxygen atoms in total. The molecule has 0 radical (unpaired) electrons. The second kappa shape index (κ2) is 5.58. The second-order valence-corrected chi connectivity index (χ2v) is 8.35. The quantitative estimate of drug-likeness (QED) is 0.831. The highest BCUT2D eigenvalue weighted by atomic mass is 16.3. The molecule has 2 N–H and O–H groups in total. The van der Waals surface area contributed by atoms with E-state index < -0.39 is 0 Å². The van der Waals surface area contributed by atoms with Crippen LogP contribution in [0.2, 0.25) is 0 Å². The molecule has 3 rings (SSSR count). The van der Waals surface area contributed by atoms with Gasteiger partial charge in [0.05, 0.1) is 6.61 Å². The summed E-state index contributed by atoms with van der Waals surface area (Å²) in [6, 6.07) is 1.38. The molecule has 2 unspecified atom stereocenters. The Morgan fingerprint density at radius 2 is 1.95 bits per heavy atom. The van der Waals surface area contributed by atoms with E-state index in [-0.39, 0.29) is 5.54 Å². The van der Waals surface area contributed by atoms with Crippen molar-refractivity contribution in [2.24, 2.45) is 5.41 Å². The monoisotopic (exact) mass is 280 g/mol. The van der Waals surface area contributed by atoms with Crippen molar-refractivity contribution in [2.75, 3.05) is 19.7 Å². The fourth-order valence-corrected chi connectivity index (χ4v) is 4.40. The number of hydrogen-bond acceptors (Lipinski definition) is 3. The molecule has 1 saturated heterocycles. The summed E-state index contributed by atoms with van der Waals surface area (Å²) < 4.78 is 0. The molecule has 2 saturated carbocycles. The van der Waals surface area contributed by atoms with E-state index in [1.54, 1.807) is 0 Å². The topological polar surface area (TPSA) is 35.5 Å². The molecule has 0 amide bonds. The zero-order valence-corrected chi connectivity index (χ0v) is 13.3. The van der Waals surface area contributed by atoms with Gasteiger partial charge in [-0.05, 0) is 63.3 Å². The highest BCUT2D eigenvalue weighted by Gasteiger charge is 2.42. The zero-order chi connectivity index (χ0) is 14.2. The van der Waals surface area contributed by atoms with Gasteiger partial charge in [-0.3, -0.25) is 4.90 Å². The van der Waals surface area contributed by atoms with Crippen LogP contribution in [-0.4, -0.2) is 47.3 Å². The summed E-state index contributed by atoms with van der Waals surface area (Å²) >= 11 is 0. The minimum atomic E-state index is 0.0195. The Bertz CT molecular complexity index is 340. The van der Waals surface area contributed by atoms with E-state index in [0.29, 0.717) is 24.1 Å². The molecule has 2 atom stereocenters. The first-order valence-corrected chi connectivity index (χ1v) is 8.65. The maximum Gasteiger partial charge on any atom is 0.0613 e. The van der Waals surface area contributed by atoms with Gasteiger partial charge in [-0.2, -0.15) is 0 Å². The lowest BCUT2D eigenvalue weighted by atomic mass is 9.76. The third kappa shape index (κ3) is 3.37. The minimum absolute atomic E-state index is 0.0195. The van der Waals surface area contributed by atoms with Crippen LogP contribution in [0.1, 0.15) is 65.2 Å². The molecule has 2 aliphatic carbocycles. The number of aliphatic hydroxyl groups excluding tert-OH is 1. The van der Waals surface area contributed by atoms with E-state index in [9.17, 15) is 5.11 Å². The molecular weight excluding hydrogens is 248 g/mol. The second-order valence-electron chi connectivity index (χ2n) is 8.35. The number of likely N-dealkylation sites (tertiary alicyclic amines) is 1. The Morgan fingerprint density at radius 1 is 1.15 bits per heavy atom. The summed E-state index contributed by atoms with van der Waals surface area (Å²) in [6.07, 6.45) is 10.2. The highest BCUT2D eigenvalue weighted by Crippen LogP contribution is 2.37. The third-order valence-electron chi connectivity index (χ3n) is 5.66. The fourth-order valence-electron chi connectivity index (χ4n) is 4.40. The lowest BCUT2D eigenvalue weighted by Gasteiger charge is -2.48. The Balaban J connectivity index is 1.64. The first-order valence-electron chi connectivity index (χ1n) is 8.65. The Kier molecular flexibility index (Phi) is 4.13. The van der Waals surface area contributed by atoms with Crippen molar-refractivity contribution >= 4 is 0 Å². The SMILES string of the molecule is CC1(C)CCCN(C2CCCC(CO)(NC3CC3)C2)C1. The van der Waals surface area contributed by atoms with Crippen LogP contribution in [0.25, 0.3) is 0 Å². The maximum absolute atomic E-state index is 9.96. The molecule has 116 valence electrons. The average Bonchev–Trinajstić information content (AvgIpc) is 3.22. The number of rotatable bonds is 4. The Morgan fingerprint density at radius 3 is 2.60 bits per heavy atom. The average molecular weight is 280 g/mol. The number of piperidine rings is 1. The molecule has 0 bridgehead atoms. The van der Waals surface area contributed by atoms with Gasteiger partial charge in [0, 0.05) is 24.2 Å². The fraction of sp³-hybridized carbons (Fsp3) is 1.00. The molecule has 0 aromatic carbocycles. The zero-order valence-electron chi connectivity index (χ0n) is 13.3. The number of nitrogens with zero attached hydrogens (tertiary/aromatic N) is 1. The molecule has 3 heteroatoms. The predicted molar refractivity (Wildman–Crippen MR) is 82.8 cm³/mol. The van der Waals surface area contributed by atoms with Crippen LogP contribution in [-0.2, 0) is 0 Å². The maximum atomic E-state index is 9.96. The molecular formula is C17H32N2O.